The van der Waals surface area contributed by atoms with E-state index in [9.17, 15) is 19.0 Å². The molecule has 0 aromatic rings. The second-order valence-electron chi connectivity index (χ2n) is 17.8. The van der Waals surface area contributed by atoms with Crippen LogP contribution in [0.4, 0.5) is 0 Å². The van der Waals surface area contributed by atoms with Crippen LogP contribution >= 0.6 is 7.82 Å². The van der Waals surface area contributed by atoms with Gasteiger partial charge < -0.3 is 27.9 Å². The van der Waals surface area contributed by atoms with E-state index in [1.54, 1.807) is 0 Å². The van der Waals surface area contributed by atoms with Gasteiger partial charge in [-0.3, -0.25) is 14.2 Å². The lowest BCUT2D eigenvalue weighted by molar-refractivity contribution is -0.870. The molecule has 0 radical (unpaired) electrons. The molecule has 2 atom stereocenters. The highest BCUT2D eigenvalue weighted by Crippen LogP contribution is 2.38. The van der Waals surface area contributed by atoms with Crippen molar-refractivity contribution in [2.45, 2.75) is 193 Å². The first-order chi connectivity index (χ1) is 31.5. The molecule has 0 saturated heterocycles. The van der Waals surface area contributed by atoms with Crippen molar-refractivity contribution in [1.82, 2.24) is 0 Å². The third-order valence-electron chi connectivity index (χ3n) is 10.3. The van der Waals surface area contributed by atoms with Crippen molar-refractivity contribution in [1.29, 1.82) is 0 Å². The minimum absolute atomic E-state index is 0.0475. The van der Waals surface area contributed by atoms with E-state index in [0.717, 1.165) is 70.6 Å². The molecule has 0 amide bonds. The van der Waals surface area contributed by atoms with Gasteiger partial charge >= 0.3 is 11.9 Å². The summed E-state index contributed by atoms with van der Waals surface area (Å²) in [6.45, 7) is 4.03. The van der Waals surface area contributed by atoms with Gasteiger partial charge in [0.15, 0.2) is 6.10 Å². The van der Waals surface area contributed by atoms with Crippen LogP contribution in [0, 0.1) is 0 Å². The van der Waals surface area contributed by atoms with E-state index in [0.29, 0.717) is 30.3 Å². The number of carbonyl (C=O) groups is 2. The Morgan fingerprint density at radius 2 is 0.892 bits per heavy atom. The lowest BCUT2D eigenvalue weighted by Crippen LogP contribution is -2.37. The summed E-state index contributed by atoms with van der Waals surface area (Å²) in [6.07, 6.45) is 61.6. The SMILES string of the molecule is CC/C=C\C/C=C\C/C=C\C/C=C\C/C=C\C/C=C\C/C=C\CCCC(=O)OC(COC(=O)CCCCCCCCC/C=C\CCCCCCCCC)COP(=O)([O-])OCC[N+](C)(C)C. The number of rotatable bonds is 45. The minimum Gasteiger partial charge on any atom is -0.756 e. The maximum Gasteiger partial charge on any atom is 0.306 e. The average molecular weight is 928 g/mol. The first kappa shape index (κ1) is 61.9. The van der Waals surface area contributed by atoms with Crippen molar-refractivity contribution in [2.75, 3.05) is 47.5 Å². The number of quaternary nitrogens is 1. The zero-order valence-electron chi connectivity index (χ0n) is 41.9. The van der Waals surface area contributed by atoms with E-state index >= 15 is 0 Å². The number of phosphoric ester groups is 1. The number of phosphoric acid groups is 1. The van der Waals surface area contributed by atoms with Crippen molar-refractivity contribution >= 4 is 19.8 Å². The third-order valence-corrected chi connectivity index (χ3v) is 11.3. The standard InChI is InChI=1S/C55H94NO8P/c1-6-8-10-12-14-16-18-20-22-24-26-27-28-29-30-32-34-36-38-40-42-44-46-48-55(58)64-53(52-63-65(59,60)62-50-49-56(3,4)5)51-61-54(57)47-45-43-41-39-37-35-33-31-25-23-21-19-17-15-13-11-9-7-2/h8,10,14,16,20,22-23,25-27,29-30,34,36,40,42,53H,6-7,9,11-13,15,17-19,21,24,28,31-33,35,37-39,41,43-52H2,1-5H3/b10-8-,16-14-,22-20-,25-23-,27-26-,30-29-,36-34-,42-40-. The van der Waals surface area contributed by atoms with E-state index in [-0.39, 0.29) is 26.1 Å². The Bertz CT molecular complexity index is 1420. The first-order valence-corrected chi connectivity index (χ1v) is 26.9. The number of ether oxygens (including phenoxy) is 2. The number of esters is 2. The fourth-order valence-corrected chi connectivity index (χ4v) is 7.13. The summed E-state index contributed by atoms with van der Waals surface area (Å²) in [5.41, 5.74) is 0. The molecule has 372 valence electrons. The molecule has 65 heavy (non-hydrogen) atoms. The smallest absolute Gasteiger partial charge is 0.306 e. The van der Waals surface area contributed by atoms with Gasteiger partial charge in [-0.1, -0.05) is 182 Å². The second kappa shape index (κ2) is 46.1. The number of allylic oxidation sites excluding steroid dienone is 16. The van der Waals surface area contributed by atoms with Gasteiger partial charge in [0.1, 0.15) is 19.8 Å². The van der Waals surface area contributed by atoms with Crippen LogP contribution in [0.3, 0.4) is 0 Å². The number of hydrogen-bond acceptors (Lipinski definition) is 8. The molecule has 2 unspecified atom stereocenters. The topological polar surface area (TPSA) is 111 Å². The summed E-state index contributed by atoms with van der Waals surface area (Å²) in [5.74, 6) is -0.915. The Kier molecular flexibility index (Phi) is 43.9. The Hall–Kier alpha value is -3.07. The van der Waals surface area contributed by atoms with E-state index in [1.807, 2.05) is 27.2 Å². The maximum absolute atomic E-state index is 12.7. The van der Waals surface area contributed by atoms with E-state index < -0.39 is 32.5 Å². The van der Waals surface area contributed by atoms with E-state index in [1.165, 1.54) is 70.6 Å². The highest BCUT2D eigenvalue weighted by atomic mass is 31.2. The number of unbranched alkanes of at least 4 members (excludes halogenated alkanes) is 15. The number of hydrogen-bond donors (Lipinski definition) is 0. The highest BCUT2D eigenvalue weighted by molar-refractivity contribution is 7.45. The summed E-state index contributed by atoms with van der Waals surface area (Å²) >= 11 is 0. The van der Waals surface area contributed by atoms with Crippen LogP contribution in [0.5, 0.6) is 0 Å². The number of likely N-dealkylation sites (N-methyl/N-ethyl adjacent to an activating group) is 1. The van der Waals surface area contributed by atoms with Crippen molar-refractivity contribution in [3.63, 3.8) is 0 Å². The predicted octanol–water partition coefficient (Wildman–Crippen LogP) is 14.7. The Labute approximate surface area is 398 Å². The lowest BCUT2D eigenvalue weighted by atomic mass is 10.1. The van der Waals surface area contributed by atoms with Crippen LogP contribution in [-0.4, -0.2) is 70.0 Å². The van der Waals surface area contributed by atoms with Crippen LogP contribution in [0.25, 0.3) is 0 Å². The fraction of sp³-hybridized carbons (Fsp3) is 0.673. The Morgan fingerprint density at radius 3 is 1.37 bits per heavy atom. The molecular weight excluding hydrogens is 834 g/mol. The Balaban J connectivity index is 4.41. The normalized spacial score (nSPS) is 14.2. The fourth-order valence-electron chi connectivity index (χ4n) is 6.40. The van der Waals surface area contributed by atoms with Gasteiger partial charge in [0.05, 0.1) is 27.7 Å². The second-order valence-corrected chi connectivity index (χ2v) is 19.2. The van der Waals surface area contributed by atoms with Crippen molar-refractivity contribution in [3.8, 4) is 0 Å². The molecule has 0 aromatic heterocycles. The summed E-state index contributed by atoms with van der Waals surface area (Å²) in [6, 6.07) is 0. The van der Waals surface area contributed by atoms with E-state index in [4.69, 9.17) is 18.5 Å². The largest absolute Gasteiger partial charge is 0.756 e. The Morgan fingerprint density at radius 1 is 0.492 bits per heavy atom. The third kappa shape index (κ3) is 50.2. The number of carbonyl (C=O) groups excluding carboxylic acids is 2. The molecule has 0 saturated carbocycles. The van der Waals surface area contributed by atoms with Crippen molar-refractivity contribution in [3.05, 3.63) is 97.2 Å². The molecule has 0 aromatic carbocycles. The summed E-state index contributed by atoms with van der Waals surface area (Å²) < 4.78 is 34.0. The lowest BCUT2D eigenvalue weighted by Gasteiger charge is -2.28. The van der Waals surface area contributed by atoms with Gasteiger partial charge in [-0.05, 0) is 89.9 Å². The number of nitrogens with zero attached hydrogens (tertiary/aromatic N) is 1. The quantitative estimate of drug-likeness (QED) is 0.0195. The first-order valence-electron chi connectivity index (χ1n) is 25.4. The molecule has 0 fully saturated rings. The average Bonchev–Trinajstić information content (AvgIpc) is 3.26. The van der Waals surface area contributed by atoms with Gasteiger partial charge in [-0.15, -0.1) is 0 Å². The molecule has 0 spiro atoms. The summed E-state index contributed by atoms with van der Waals surface area (Å²) in [7, 11) is 1.11. The maximum atomic E-state index is 12.7. The monoisotopic (exact) mass is 928 g/mol. The molecule has 0 aliphatic heterocycles. The van der Waals surface area contributed by atoms with Gasteiger partial charge in [0.25, 0.3) is 7.82 Å². The molecule has 9 nitrogen and oxygen atoms in total. The molecule has 0 bridgehead atoms. The molecule has 0 heterocycles. The molecule has 10 heteroatoms. The molecule has 0 N–H and O–H groups in total. The van der Waals surface area contributed by atoms with Gasteiger partial charge in [0, 0.05) is 12.8 Å². The van der Waals surface area contributed by atoms with Crippen LogP contribution < -0.4 is 4.89 Å². The highest BCUT2D eigenvalue weighted by Gasteiger charge is 2.21. The van der Waals surface area contributed by atoms with E-state index in [2.05, 4.69) is 105 Å². The molecule has 0 aliphatic carbocycles. The van der Waals surface area contributed by atoms with Gasteiger partial charge in [0.2, 0.25) is 0 Å². The van der Waals surface area contributed by atoms with Crippen LogP contribution in [0.1, 0.15) is 187 Å². The molecule has 0 aliphatic rings. The zero-order chi connectivity index (χ0) is 47.8. The van der Waals surface area contributed by atoms with Crippen molar-refractivity contribution in [2.24, 2.45) is 0 Å². The van der Waals surface area contributed by atoms with Crippen molar-refractivity contribution < 1.29 is 42.1 Å². The molecular formula is C55H94NO8P. The minimum atomic E-state index is -4.65. The van der Waals surface area contributed by atoms with Crippen LogP contribution in [0.15, 0.2) is 97.2 Å². The summed E-state index contributed by atoms with van der Waals surface area (Å²) in [4.78, 5) is 37.7. The predicted molar refractivity (Wildman–Crippen MR) is 272 cm³/mol. The van der Waals surface area contributed by atoms with Gasteiger partial charge in [-0.25, -0.2) is 0 Å². The van der Waals surface area contributed by atoms with Crippen LogP contribution in [0.2, 0.25) is 0 Å². The summed E-state index contributed by atoms with van der Waals surface area (Å²) in [5, 5.41) is 0. The van der Waals surface area contributed by atoms with Crippen LogP contribution in [-0.2, 0) is 32.7 Å². The molecule has 0 rings (SSSR count). The zero-order valence-corrected chi connectivity index (χ0v) is 42.8. The van der Waals surface area contributed by atoms with Gasteiger partial charge in [-0.2, -0.15) is 0 Å².